The number of esters is 2. The van der Waals surface area contributed by atoms with Crippen LogP contribution in [0.5, 0.6) is 0 Å². The highest BCUT2D eigenvalue weighted by Gasteiger charge is 2.40. The van der Waals surface area contributed by atoms with Crippen LogP contribution in [0.4, 0.5) is 29.6 Å². The summed E-state index contributed by atoms with van der Waals surface area (Å²) in [6.45, 7) is 8.23. The third kappa shape index (κ3) is 10.9. The van der Waals surface area contributed by atoms with Gasteiger partial charge in [-0.1, -0.05) is 71.7 Å². The van der Waals surface area contributed by atoms with Gasteiger partial charge in [-0.05, 0) is 20.8 Å². The average Bonchev–Trinajstić information content (AvgIpc) is 3.17. The molecule has 2 unspecified atom stereocenters. The fourth-order valence-electron chi connectivity index (χ4n) is 5.68. The first-order valence-corrected chi connectivity index (χ1v) is 17.6. The topological polar surface area (TPSA) is 190 Å². The molecule has 16 nitrogen and oxygen atoms in total. The van der Waals surface area contributed by atoms with Gasteiger partial charge in [0.05, 0.1) is 20.8 Å². The average molecular weight is 828 g/mol. The number of piperazine rings is 2. The molecule has 2 aliphatic heterocycles. The van der Waals surface area contributed by atoms with Gasteiger partial charge < -0.3 is 34.4 Å². The standard InChI is InChI=1S/C19H23ClN4O4.C14H15ClN4O2.C2HF3O2/c1-19(2,3)28-18(26)24-10-9-23(11-14(24)17(25)27-4)16-13-8-6-5-7-12(13)15(20)21-22-16;1-21-14(20)11-8-19(7-6-16-11)13-10-5-3-2-4-9(10)12(15)17-18-13;3-2(4,5)1(6)7/h5-8,14H,9-11H2,1-4H3;2-5,11,16H,6-8H2,1H3;(H,6,7). The second kappa shape index (κ2) is 18.6. The Hall–Kier alpha value is -5.27. The van der Waals surface area contributed by atoms with Crippen molar-refractivity contribution in [1.29, 1.82) is 0 Å². The number of carboxylic acid groups (broad SMARTS) is 1. The summed E-state index contributed by atoms with van der Waals surface area (Å²) in [5.74, 6) is -2.19. The summed E-state index contributed by atoms with van der Waals surface area (Å²) >= 11 is 12.3. The highest BCUT2D eigenvalue weighted by Crippen LogP contribution is 2.31. The van der Waals surface area contributed by atoms with E-state index in [1.165, 1.54) is 19.1 Å². The Morgan fingerprint density at radius 2 is 1.21 bits per heavy atom. The molecule has 0 radical (unpaired) electrons. The number of benzene rings is 2. The summed E-state index contributed by atoms with van der Waals surface area (Å²) < 4.78 is 46.9. The number of halogens is 5. The summed E-state index contributed by atoms with van der Waals surface area (Å²) in [5, 5.41) is 30.8. The van der Waals surface area contributed by atoms with Crippen molar-refractivity contribution in [1.82, 2.24) is 30.6 Å². The second-order valence-corrected chi connectivity index (χ2v) is 13.9. The summed E-state index contributed by atoms with van der Waals surface area (Å²) in [6, 6.07) is 14.1. The van der Waals surface area contributed by atoms with E-state index in [0.717, 1.165) is 33.9 Å². The molecule has 21 heteroatoms. The third-order valence-corrected chi connectivity index (χ3v) is 8.79. The molecule has 302 valence electrons. The van der Waals surface area contributed by atoms with Crippen molar-refractivity contribution in [3.63, 3.8) is 0 Å². The molecule has 56 heavy (non-hydrogen) atoms. The van der Waals surface area contributed by atoms with E-state index in [0.29, 0.717) is 35.8 Å². The minimum atomic E-state index is -5.08. The van der Waals surface area contributed by atoms with Crippen LogP contribution in [0.2, 0.25) is 10.3 Å². The number of aromatic nitrogens is 4. The Bertz CT molecular complexity index is 2060. The summed E-state index contributed by atoms with van der Waals surface area (Å²) in [5.41, 5.74) is -0.660. The van der Waals surface area contributed by atoms with Crippen molar-refractivity contribution < 1.29 is 51.7 Å². The van der Waals surface area contributed by atoms with Crippen LogP contribution in [0.3, 0.4) is 0 Å². The minimum Gasteiger partial charge on any atom is -0.475 e. The molecule has 6 rings (SSSR count). The van der Waals surface area contributed by atoms with E-state index in [1.807, 2.05) is 58.3 Å². The number of alkyl halides is 3. The summed E-state index contributed by atoms with van der Waals surface area (Å²) in [4.78, 5) is 50.9. The van der Waals surface area contributed by atoms with E-state index in [1.54, 1.807) is 20.8 Å². The van der Waals surface area contributed by atoms with Gasteiger partial charge in [0.15, 0.2) is 28.0 Å². The summed E-state index contributed by atoms with van der Waals surface area (Å²) in [6.07, 6.45) is -5.63. The first kappa shape index (κ1) is 43.5. The van der Waals surface area contributed by atoms with Gasteiger partial charge >= 0.3 is 30.2 Å². The predicted molar refractivity (Wildman–Crippen MR) is 200 cm³/mol. The Morgan fingerprint density at radius 3 is 1.66 bits per heavy atom. The van der Waals surface area contributed by atoms with E-state index >= 15 is 0 Å². The van der Waals surface area contributed by atoms with Crippen LogP contribution in [0.1, 0.15) is 20.8 Å². The van der Waals surface area contributed by atoms with Crippen LogP contribution in [-0.2, 0) is 28.6 Å². The first-order valence-electron chi connectivity index (χ1n) is 16.9. The number of hydrogen-bond donors (Lipinski definition) is 2. The first-order chi connectivity index (χ1) is 26.4. The highest BCUT2D eigenvalue weighted by atomic mass is 35.5. The molecule has 1 amide bonds. The van der Waals surface area contributed by atoms with Crippen LogP contribution in [0.25, 0.3) is 21.5 Å². The number of amides is 1. The van der Waals surface area contributed by atoms with Crippen LogP contribution in [0.15, 0.2) is 48.5 Å². The van der Waals surface area contributed by atoms with Crippen molar-refractivity contribution in [2.24, 2.45) is 0 Å². The van der Waals surface area contributed by atoms with Crippen molar-refractivity contribution in [3.05, 3.63) is 58.8 Å². The largest absolute Gasteiger partial charge is 0.490 e. The second-order valence-electron chi connectivity index (χ2n) is 13.2. The van der Waals surface area contributed by atoms with Crippen LogP contribution >= 0.6 is 23.2 Å². The molecular weight excluding hydrogens is 788 g/mol. The Labute approximate surface area is 328 Å². The van der Waals surface area contributed by atoms with Gasteiger partial charge in [0.1, 0.15) is 11.6 Å². The molecule has 2 aromatic heterocycles. The maximum Gasteiger partial charge on any atom is 0.490 e. The normalized spacial score (nSPS) is 17.2. The Morgan fingerprint density at radius 1 is 0.750 bits per heavy atom. The van der Waals surface area contributed by atoms with E-state index in [-0.39, 0.29) is 25.1 Å². The van der Waals surface area contributed by atoms with E-state index < -0.39 is 35.9 Å². The monoisotopic (exact) mass is 826 g/mol. The number of hydrogen-bond acceptors (Lipinski definition) is 14. The number of carbonyl (C=O) groups is 4. The molecule has 4 heterocycles. The molecule has 2 aromatic carbocycles. The molecule has 2 atom stereocenters. The highest BCUT2D eigenvalue weighted by molar-refractivity contribution is 6.35. The maximum atomic E-state index is 12.6. The number of rotatable bonds is 4. The zero-order valence-corrected chi connectivity index (χ0v) is 32.4. The fraction of sp³-hybridized carbons (Fsp3) is 0.429. The van der Waals surface area contributed by atoms with Crippen molar-refractivity contribution in [3.8, 4) is 0 Å². The number of anilines is 2. The number of fused-ring (bicyclic) bond motifs is 2. The van der Waals surface area contributed by atoms with Gasteiger partial charge in [0.25, 0.3) is 0 Å². The fourth-order valence-corrected chi connectivity index (χ4v) is 6.08. The van der Waals surface area contributed by atoms with Gasteiger partial charge in [0, 0.05) is 54.3 Å². The summed E-state index contributed by atoms with van der Waals surface area (Å²) in [7, 11) is 2.69. The lowest BCUT2D eigenvalue weighted by molar-refractivity contribution is -0.192. The van der Waals surface area contributed by atoms with Gasteiger partial charge in [-0.3, -0.25) is 9.69 Å². The van der Waals surface area contributed by atoms with Crippen LogP contribution < -0.4 is 15.1 Å². The van der Waals surface area contributed by atoms with Crippen molar-refractivity contribution in [2.45, 2.75) is 44.6 Å². The van der Waals surface area contributed by atoms with Gasteiger partial charge in [-0.25, -0.2) is 14.4 Å². The molecule has 2 saturated heterocycles. The lowest BCUT2D eigenvalue weighted by Crippen LogP contribution is -2.59. The van der Waals surface area contributed by atoms with E-state index in [4.69, 9.17) is 47.3 Å². The lowest BCUT2D eigenvalue weighted by Gasteiger charge is -2.40. The quantitative estimate of drug-likeness (QED) is 0.212. The van der Waals surface area contributed by atoms with Crippen molar-refractivity contribution in [2.75, 3.05) is 63.3 Å². The van der Waals surface area contributed by atoms with E-state index in [2.05, 4.69) is 25.7 Å². The molecule has 0 saturated carbocycles. The van der Waals surface area contributed by atoms with Gasteiger partial charge in [-0.15, -0.1) is 20.4 Å². The van der Waals surface area contributed by atoms with Crippen molar-refractivity contribution >= 4 is 80.4 Å². The van der Waals surface area contributed by atoms with Crippen LogP contribution in [-0.4, -0.2) is 132 Å². The van der Waals surface area contributed by atoms with Gasteiger partial charge in [-0.2, -0.15) is 13.2 Å². The number of nitrogens with one attached hydrogen (secondary N) is 1. The predicted octanol–water partition coefficient (Wildman–Crippen LogP) is 4.75. The Balaban J connectivity index is 0.000000218. The number of ether oxygens (including phenoxy) is 3. The lowest BCUT2D eigenvalue weighted by atomic mass is 10.1. The smallest absolute Gasteiger partial charge is 0.475 e. The number of carboxylic acids is 1. The number of nitrogens with zero attached hydrogens (tertiary/aromatic N) is 7. The van der Waals surface area contributed by atoms with E-state index in [9.17, 15) is 27.6 Å². The zero-order valence-electron chi connectivity index (χ0n) is 30.8. The van der Waals surface area contributed by atoms with Gasteiger partial charge in [0.2, 0.25) is 0 Å². The number of aliphatic carboxylic acids is 1. The molecule has 4 aromatic rings. The molecule has 0 spiro atoms. The molecule has 0 aliphatic carbocycles. The molecule has 2 N–H and O–H groups in total. The molecular formula is C35H39Cl2F3N8O8. The number of carbonyl (C=O) groups excluding carboxylic acids is 3. The Kier molecular flexibility index (Phi) is 14.4. The third-order valence-electron chi connectivity index (χ3n) is 8.23. The van der Waals surface area contributed by atoms with Crippen LogP contribution in [0, 0.1) is 0 Å². The number of methoxy groups -OCH3 is 2. The molecule has 2 aliphatic rings. The minimum absolute atomic E-state index is 0.215. The maximum absolute atomic E-state index is 12.6. The molecule has 0 bridgehead atoms. The zero-order chi connectivity index (χ0) is 41.4. The molecule has 2 fully saturated rings. The SMILES string of the molecule is COC(=O)C1CN(c2nnc(Cl)c3ccccc23)CCN1.COC(=O)C1CN(c2nnc(Cl)c3ccccc23)CCN1C(=O)OC(C)(C)C.O=C(O)C(F)(F)F.